The van der Waals surface area contributed by atoms with Gasteiger partial charge >= 0.3 is 0 Å². The van der Waals surface area contributed by atoms with Gasteiger partial charge in [0.25, 0.3) is 0 Å². The molecule has 0 radical (unpaired) electrons. The van der Waals surface area contributed by atoms with Gasteiger partial charge in [0.1, 0.15) is 0 Å². The van der Waals surface area contributed by atoms with E-state index in [-0.39, 0.29) is 6.54 Å². The Balaban J connectivity index is 2.33. The Morgan fingerprint density at radius 2 is 2.22 bits per heavy atom. The molecule has 0 spiro atoms. The first kappa shape index (κ1) is 13.0. The summed E-state index contributed by atoms with van der Waals surface area (Å²) in [6, 6.07) is 7.57. The second-order valence-electron chi connectivity index (χ2n) is 4.04. The number of hydrogen-bond donors (Lipinski definition) is 0. The molecule has 0 atom stereocenters. The molecule has 0 bridgehead atoms. The van der Waals surface area contributed by atoms with Crippen molar-refractivity contribution in [2.45, 2.75) is 31.5 Å². The molecule has 0 N–H and O–H groups in total. The maximum atomic E-state index is 10.8. The maximum Gasteiger partial charge on any atom is 0.169 e. The van der Waals surface area contributed by atoms with Crippen molar-refractivity contribution in [3.05, 3.63) is 24.3 Å². The van der Waals surface area contributed by atoms with Gasteiger partial charge in [0.2, 0.25) is 0 Å². The van der Waals surface area contributed by atoms with Gasteiger partial charge in [-0.15, -0.1) is 0 Å². The Hall–Kier alpha value is -1.49. The van der Waals surface area contributed by atoms with E-state index in [1.165, 1.54) is 0 Å². The number of carboxylic acid groups (broad SMARTS) is 1. The predicted molar refractivity (Wildman–Crippen MR) is 70.4 cm³/mol. The minimum absolute atomic E-state index is 0.144. The lowest BCUT2D eigenvalue weighted by atomic mass is 10.3. The summed E-state index contributed by atoms with van der Waals surface area (Å²) in [6.45, 7) is 1.99. The number of aliphatic carboxylic acids is 1. The predicted octanol–water partition coefficient (Wildman–Crippen LogP) is 1.68. The molecule has 2 rings (SSSR count). The number of para-hydroxylation sites is 2. The van der Waals surface area contributed by atoms with Gasteiger partial charge in [-0.3, -0.25) is 0 Å². The molecule has 2 aromatic rings. The summed E-state index contributed by atoms with van der Waals surface area (Å²) >= 11 is 1.60. The number of rotatable bonds is 6. The first-order chi connectivity index (χ1) is 8.72. The quantitative estimate of drug-likeness (QED) is 0.587. The van der Waals surface area contributed by atoms with Crippen LogP contribution in [-0.2, 0) is 11.3 Å². The highest BCUT2D eigenvalue weighted by atomic mass is 32.2. The van der Waals surface area contributed by atoms with Crippen molar-refractivity contribution in [1.82, 2.24) is 9.55 Å². The van der Waals surface area contributed by atoms with E-state index < -0.39 is 5.97 Å². The van der Waals surface area contributed by atoms with Crippen LogP contribution in [0.5, 0.6) is 0 Å². The Labute approximate surface area is 110 Å². The van der Waals surface area contributed by atoms with Crippen molar-refractivity contribution < 1.29 is 9.90 Å². The van der Waals surface area contributed by atoms with Gasteiger partial charge in [-0.2, -0.15) is 0 Å². The highest BCUT2D eigenvalue weighted by molar-refractivity contribution is 7.99. The van der Waals surface area contributed by atoms with Gasteiger partial charge < -0.3 is 14.5 Å². The Morgan fingerprint density at radius 1 is 1.44 bits per heavy atom. The highest BCUT2D eigenvalue weighted by Gasteiger charge is 2.10. The van der Waals surface area contributed by atoms with Crippen LogP contribution in [0.1, 0.15) is 19.8 Å². The molecule has 18 heavy (non-hydrogen) atoms. The topological polar surface area (TPSA) is 58.0 Å². The molecule has 4 nitrogen and oxygen atoms in total. The highest BCUT2D eigenvalue weighted by Crippen LogP contribution is 2.24. The average molecular weight is 263 g/mol. The molecule has 5 heteroatoms. The van der Waals surface area contributed by atoms with E-state index in [1.807, 2.05) is 24.3 Å². The maximum absolute atomic E-state index is 10.8. The van der Waals surface area contributed by atoms with Gasteiger partial charge in [0.15, 0.2) is 5.16 Å². The zero-order chi connectivity index (χ0) is 13.0. The smallest absolute Gasteiger partial charge is 0.169 e. The number of unbranched alkanes of at least 4 members (excludes halogenated alkanes) is 1. The van der Waals surface area contributed by atoms with Gasteiger partial charge in [0, 0.05) is 5.75 Å². The lowest BCUT2D eigenvalue weighted by Crippen LogP contribution is -2.27. The van der Waals surface area contributed by atoms with E-state index >= 15 is 0 Å². The molecule has 0 saturated heterocycles. The molecule has 0 aliphatic carbocycles. The van der Waals surface area contributed by atoms with Gasteiger partial charge in [-0.25, -0.2) is 4.98 Å². The monoisotopic (exact) mass is 263 g/mol. The molecule has 0 unspecified atom stereocenters. The molecule has 96 valence electrons. The first-order valence-corrected chi connectivity index (χ1v) is 6.99. The zero-order valence-electron chi connectivity index (χ0n) is 10.3. The summed E-state index contributed by atoms with van der Waals surface area (Å²) in [7, 11) is 0. The number of carboxylic acids is 1. The standard InChI is InChI=1S/C13H16N2O2S/c1-2-3-8-18-13-14-10-6-4-5-7-11(10)15(13)9-12(16)17/h4-7H,2-3,8-9H2,1H3,(H,16,17)/p-1. The summed E-state index contributed by atoms with van der Waals surface area (Å²) in [5.74, 6) is -0.136. The number of hydrogen-bond acceptors (Lipinski definition) is 4. The number of imidazole rings is 1. The average Bonchev–Trinajstić information content (AvgIpc) is 2.68. The van der Waals surface area contributed by atoms with Crippen LogP contribution in [0.3, 0.4) is 0 Å². The summed E-state index contributed by atoms with van der Waals surface area (Å²) in [6.07, 6.45) is 2.22. The molecule has 0 saturated carbocycles. The van der Waals surface area contributed by atoms with Crippen LogP contribution in [0, 0.1) is 0 Å². The van der Waals surface area contributed by atoms with Crippen molar-refractivity contribution in [1.29, 1.82) is 0 Å². The van der Waals surface area contributed by atoms with E-state index in [2.05, 4.69) is 11.9 Å². The Morgan fingerprint density at radius 3 is 2.94 bits per heavy atom. The third kappa shape index (κ3) is 2.85. The lowest BCUT2D eigenvalue weighted by molar-refractivity contribution is -0.306. The number of fused-ring (bicyclic) bond motifs is 1. The molecule has 0 aliphatic rings. The molecule has 1 aromatic heterocycles. The first-order valence-electron chi connectivity index (χ1n) is 6.00. The molecule has 0 fully saturated rings. The number of aromatic nitrogens is 2. The fourth-order valence-electron chi connectivity index (χ4n) is 1.75. The number of carbonyl (C=O) groups is 1. The number of carbonyl (C=O) groups excluding carboxylic acids is 1. The van der Waals surface area contributed by atoms with Crippen molar-refractivity contribution >= 4 is 28.8 Å². The molecular weight excluding hydrogens is 248 g/mol. The van der Waals surface area contributed by atoms with Crippen LogP contribution in [0.2, 0.25) is 0 Å². The van der Waals surface area contributed by atoms with Crippen molar-refractivity contribution in [2.75, 3.05) is 5.75 Å². The fourth-order valence-corrected chi connectivity index (χ4v) is 2.85. The molecule has 1 heterocycles. The lowest BCUT2D eigenvalue weighted by Gasteiger charge is -2.09. The van der Waals surface area contributed by atoms with Crippen LogP contribution in [0.15, 0.2) is 29.4 Å². The third-order valence-electron chi connectivity index (χ3n) is 2.64. The van der Waals surface area contributed by atoms with Crippen molar-refractivity contribution in [3.63, 3.8) is 0 Å². The number of benzene rings is 1. The van der Waals surface area contributed by atoms with E-state index in [4.69, 9.17) is 0 Å². The second-order valence-corrected chi connectivity index (χ2v) is 5.11. The van der Waals surface area contributed by atoms with E-state index in [0.717, 1.165) is 34.8 Å². The Bertz CT molecular complexity index is 551. The van der Waals surface area contributed by atoms with Crippen LogP contribution >= 0.6 is 11.8 Å². The number of nitrogens with zero attached hydrogens (tertiary/aromatic N) is 2. The molecular formula is C13H15N2O2S-. The fraction of sp³-hybridized carbons (Fsp3) is 0.385. The van der Waals surface area contributed by atoms with Crippen molar-refractivity contribution in [3.8, 4) is 0 Å². The van der Waals surface area contributed by atoms with E-state index in [9.17, 15) is 9.90 Å². The van der Waals surface area contributed by atoms with Crippen LogP contribution < -0.4 is 5.11 Å². The van der Waals surface area contributed by atoms with Crippen LogP contribution in [0.4, 0.5) is 0 Å². The SMILES string of the molecule is CCCCSc1nc2ccccc2n1CC(=O)[O-]. The zero-order valence-corrected chi connectivity index (χ0v) is 11.1. The van der Waals surface area contributed by atoms with Crippen molar-refractivity contribution in [2.24, 2.45) is 0 Å². The Kier molecular flexibility index (Phi) is 4.25. The molecule has 1 aromatic carbocycles. The van der Waals surface area contributed by atoms with Crippen LogP contribution in [-0.4, -0.2) is 21.3 Å². The van der Waals surface area contributed by atoms with Gasteiger partial charge in [-0.1, -0.05) is 37.2 Å². The molecule has 0 aliphatic heterocycles. The summed E-state index contributed by atoms with van der Waals surface area (Å²) in [5.41, 5.74) is 1.68. The minimum atomic E-state index is -1.09. The normalized spacial score (nSPS) is 10.9. The van der Waals surface area contributed by atoms with Gasteiger partial charge in [0.05, 0.1) is 23.5 Å². The molecule has 0 amide bonds. The largest absolute Gasteiger partial charge is 0.548 e. The summed E-state index contributed by atoms with van der Waals surface area (Å²) in [5, 5.41) is 11.6. The van der Waals surface area contributed by atoms with Crippen LogP contribution in [0.25, 0.3) is 11.0 Å². The summed E-state index contributed by atoms with van der Waals surface area (Å²) < 4.78 is 1.71. The summed E-state index contributed by atoms with van der Waals surface area (Å²) in [4.78, 5) is 15.3. The van der Waals surface area contributed by atoms with E-state index in [0.29, 0.717) is 0 Å². The minimum Gasteiger partial charge on any atom is -0.548 e. The number of thioether (sulfide) groups is 1. The van der Waals surface area contributed by atoms with Gasteiger partial charge in [-0.05, 0) is 18.6 Å². The second kappa shape index (κ2) is 5.91. The van der Waals surface area contributed by atoms with E-state index in [1.54, 1.807) is 16.3 Å². The third-order valence-corrected chi connectivity index (χ3v) is 3.70.